The highest BCUT2D eigenvalue weighted by molar-refractivity contribution is 5.63. The van der Waals surface area contributed by atoms with Crippen LogP contribution in [-0.4, -0.2) is 35.2 Å². The summed E-state index contributed by atoms with van der Waals surface area (Å²) in [7, 11) is 2.97. The summed E-state index contributed by atoms with van der Waals surface area (Å²) in [6, 6.07) is 9.19. The molecule has 0 fully saturated rings. The number of nitrogens with zero attached hydrogens (tertiary/aromatic N) is 4. The molecule has 2 atom stereocenters. The van der Waals surface area contributed by atoms with Crippen LogP contribution in [0.25, 0.3) is 11.3 Å². The minimum atomic E-state index is -4.49. The first-order valence-electron chi connectivity index (χ1n) is 9.35. The molecule has 4 rings (SSSR count). The summed E-state index contributed by atoms with van der Waals surface area (Å²) >= 11 is 0. The van der Waals surface area contributed by atoms with Crippen molar-refractivity contribution in [3.63, 3.8) is 0 Å². The van der Waals surface area contributed by atoms with Gasteiger partial charge in [0.2, 0.25) is 0 Å². The number of hydrogen-bond donors (Lipinski definition) is 1. The summed E-state index contributed by atoms with van der Waals surface area (Å²) < 4.78 is 53.2. The maximum Gasteiger partial charge on any atom is 0.410 e. The number of methoxy groups -OCH3 is 2. The van der Waals surface area contributed by atoms with Gasteiger partial charge in [-0.1, -0.05) is 6.07 Å². The Hall–Kier alpha value is -3.74. The SMILES string of the molecule is COc1ccc(C2CC(C(F)(F)F)n3nc(-c4ccc(C#N)nc4)cc3N2)cc1OC. The number of benzene rings is 1. The van der Waals surface area contributed by atoms with Crippen molar-refractivity contribution in [1.82, 2.24) is 14.8 Å². The van der Waals surface area contributed by atoms with Crippen molar-refractivity contribution in [2.45, 2.75) is 24.7 Å². The summed E-state index contributed by atoms with van der Waals surface area (Å²) in [6.45, 7) is 0. The number of nitriles is 1. The van der Waals surface area contributed by atoms with Crippen molar-refractivity contribution in [1.29, 1.82) is 5.26 Å². The van der Waals surface area contributed by atoms with Gasteiger partial charge in [-0.15, -0.1) is 0 Å². The van der Waals surface area contributed by atoms with Crippen LogP contribution in [0.5, 0.6) is 11.5 Å². The van der Waals surface area contributed by atoms with E-state index in [1.807, 2.05) is 6.07 Å². The zero-order valence-corrected chi connectivity index (χ0v) is 16.6. The average molecular weight is 429 g/mol. The lowest BCUT2D eigenvalue weighted by Gasteiger charge is -2.33. The maximum absolute atomic E-state index is 13.9. The Morgan fingerprint density at radius 3 is 2.52 bits per heavy atom. The highest BCUT2D eigenvalue weighted by atomic mass is 19.4. The number of pyridine rings is 1. The number of alkyl halides is 3. The molecule has 0 amide bonds. The van der Waals surface area contributed by atoms with Crippen LogP contribution in [0.2, 0.25) is 0 Å². The van der Waals surface area contributed by atoms with Crippen LogP contribution in [0.4, 0.5) is 19.0 Å². The molecule has 2 aromatic heterocycles. The van der Waals surface area contributed by atoms with Crippen molar-refractivity contribution >= 4 is 5.82 Å². The molecule has 10 heteroatoms. The van der Waals surface area contributed by atoms with Crippen LogP contribution in [0.1, 0.15) is 29.8 Å². The minimum absolute atomic E-state index is 0.215. The smallest absolute Gasteiger partial charge is 0.410 e. The fraction of sp³-hybridized carbons (Fsp3) is 0.286. The van der Waals surface area contributed by atoms with E-state index in [1.165, 1.54) is 26.5 Å². The zero-order chi connectivity index (χ0) is 22.2. The molecule has 160 valence electrons. The lowest BCUT2D eigenvalue weighted by molar-refractivity contribution is -0.173. The molecule has 2 unspecified atom stereocenters. The molecule has 1 N–H and O–H groups in total. The van der Waals surface area contributed by atoms with Crippen LogP contribution in [0.15, 0.2) is 42.6 Å². The number of ether oxygens (including phenoxy) is 2. The van der Waals surface area contributed by atoms with Crippen LogP contribution < -0.4 is 14.8 Å². The summed E-state index contributed by atoms with van der Waals surface area (Å²) in [5.41, 5.74) is 1.71. The molecule has 0 radical (unpaired) electrons. The Balaban J connectivity index is 1.73. The van der Waals surface area contributed by atoms with Crippen LogP contribution in [0, 0.1) is 11.3 Å². The molecule has 0 saturated heterocycles. The van der Waals surface area contributed by atoms with Crippen molar-refractivity contribution in [3.8, 4) is 28.8 Å². The predicted octanol–water partition coefficient (Wildman–Crippen LogP) is 4.49. The lowest BCUT2D eigenvalue weighted by atomic mass is 9.96. The van der Waals surface area contributed by atoms with Gasteiger partial charge in [-0.25, -0.2) is 9.67 Å². The molecule has 0 aliphatic carbocycles. The molecule has 7 nitrogen and oxygen atoms in total. The number of anilines is 1. The number of aromatic nitrogens is 3. The van der Waals surface area contributed by atoms with Crippen molar-refractivity contribution < 1.29 is 22.6 Å². The largest absolute Gasteiger partial charge is 0.493 e. The van der Waals surface area contributed by atoms with Crippen LogP contribution in [-0.2, 0) is 0 Å². The first kappa shape index (κ1) is 20.5. The summed E-state index contributed by atoms with van der Waals surface area (Å²) in [6.07, 6.45) is -3.31. The van der Waals surface area contributed by atoms with E-state index < -0.39 is 18.3 Å². The molecular formula is C21H18F3N5O2. The molecule has 3 aromatic rings. The molecule has 0 bridgehead atoms. The zero-order valence-electron chi connectivity index (χ0n) is 16.6. The molecule has 3 heterocycles. The maximum atomic E-state index is 13.9. The minimum Gasteiger partial charge on any atom is -0.493 e. The Kier molecular flexibility index (Phi) is 5.19. The van der Waals surface area contributed by atoms with Gasteiger partial charge >= 0.3 is 6.18 Å². The number of fused-ring (bicyclic) bond motifs is 1. The standard InChI is InChI=1S/C21H18F3N5O2/c1-30-17-6-4-12(7-18(17)31-2)15-8-19(21(22,23)24)29-20(27-15)9-16(28-29)13-3-5-14(10-25)26-11-13/h3-7,9,11,15,19,27H,8H2,1-2H3. The van der Waals surface area contributed by atoms with E-state index in [9.17, 15) is 13.2 Å². The summed E-state index contributed by atoms with van der Waals surface area (Å²) in [5.74, 6) is 1.18. The van der Waals surface area contributed by atoms with Crippen LogP contribution in [0.3, 0.4) is 0 Å². The highest BCUT2D eigenvalue weighted by Gasteiger charge is 2.46. The number of rotatable bonds is 4. The van der Waals surface area contributed by atoms with Gasteiger partial charge in [-0.2, -0.15) is 23.5 Å². The van der Waals surface area contributed by atoms with Gasteiger partial charge in [0.25, 0.3) is 0 Å². The second kappa shape index (κ2) is 7.83. The predicted molar refractivity (Wildman–Crippen MR) is 106 cm³/mol. The van der Waals surface area contributed by atoms with Gasteiger partial charge < -0.3 is 14.8 Å². The fourth-order valence-corrected chi connectivity index (χ4v) is 3.61. The van der Waals surface area contributed by atoms with E-state index in [4.69, 9.17) is 14.7 Å². The van der Waals surface area contributed by atoms with Gasteiger partial charge in [-0.05, 0) is 29.8 Å². The van der Waals surface area contributed by atoms with E-state index in [0.717, 1.165) is 4.68 Å². The van der Waals surface area contributed by atoms with Gasteiger partial charge in [0.15, 0.2) is 17.5 Å². The second-order valence-corrected chi connectivity index (χ2v) is 7.01. The average Bonchev–Trinajstić information content (AvgIpc) is 3.21. The van der Waals surface area contributed by atoms with E-state index >= 15 is 0 Å². The number of halogens is 3. The first-order chi connectivity index (χ1) is 14.8. The fourth-order valence-electron chi connectivity index (χ4n) is 3.61. The lowest BCUT2D eigenvalue weighted by Crippen LogP contribution is -2.35. The van der Waals surface area contributed by atoms with Crippen molar-refractivity contribution in [3.05, 3.63) is 53.9 Å². The van der Waals surface area contributed by atoms with E-state index in [-0.39, 0.29) is 17.9 Å². The Labute approximate surface area is 176 Å². The van der Waals surface area contributed by atoms with E-state index in [1.54, 1.807) is 30.3 Å². The summed E-state index contributed by atoms with van der Waals surface area (Å²) in [4.78, 5) is 3.97. The highest BCUT2D eigenvalue weighted by Crippen LogP contribution is 2.45. The van der Waals surface area contributed by atoms with Gasteiger partial charge in [-0.3, -0.25) is 0 Å². The molecular weight excluding hydrogens is 411 g/mol. The Morgan fingerprint density at radius 2 is 1.90 bits per heavy atom. The molecule has 1 aromatic carbocycles. The van der Waals surface area contributed by atoms with Crippen molar-refractivity contribution in [2.24, 2.45) is 0 Å². The third-order valence-corrected chi connectivity index (χ3v) is 5.17. The van der Waals surface area contributed by atoms with Gasteiger partial charge in [0.05, 0.1) is 26.0 Å². The number of nitrogens with one attached hydrogen (secondary N) is 1. The molecule has 0 saturated carbocycles. The third kappa shape index (κ3) is 3.86. The Bertz CT molecular complexity index is 1140. The van der Waals surface area contributed by atoms with E-state index in [0.29, 0.717) is 28.3 Å². The molecule has 0 spiro atoms. The molecule has 1 aliphatic rings. The monoisotopic (exact) mass is 429 g/mol. The second-order valence-electron chi connectivity index (χ2n) is 7.01. The normalized spacial score (nSPS) is 17.9. The first-order valence-corrected chi connectivity index (χ1v) is 9.35. The Morgan fingerprint density at radius 1 is 1.13 bits per heavy atom. The quantitative estimate of drug-likeness (QED) is 0.658. The van der Waals surface area contributed by atoms with Crippen molar-refractivity contribution in [2.75, 3.05) is 19.5 Å². The summed E-state index contributed by atoms with van der Waals surface area (Å²) in [5, 5.41) is 16.2. The topological polar surface area (TPSA) is 85.0 Å². The molecule has 1 aliphatic heterocycles. The van der Waals surface area contributed by atoms with Gasteiger partial charge in [0.1, 0.15) is 17.6 Å². The molecule has 31 heavy (non-hydrogen) atoms. The number of hydrogen-bond acceptors (Lipinski definition) is 6. The van der Waals surface area contributed by atoms with Gasteiger partial charge in [0, 0.05) is 24.2 Å². The third-order valence-electron chi connectivity index (χ3n) is 5.17. The van der Waals surface area contributed by atoms with E-state index in [2.05, 4.69) is 15.4 Å². The van der Waals surface area contributed by atoms with Crippen LogP contribution >= 0.6 is 0 Å².